The summed E-state index contributed by atoms with van der Waals surface area (Å²) in [6, 6.07) is 0. The first-order chi connectivity index (χ1) is 7.61. The van der Waals surface area contributed by atoms with Crippen molar-refractivity contribution >= 4 is 5.78 Å². The predicted octanol–water partition coefficient (Wildman–Crippen LogP) is 3.73. The van der Waals surface area contributed by atoms with Crippen LogP contribution in [0.15, 0.2) is 0 Å². The molecule has 1 heterocycles. The number of carbonyl (C=O) groups excluding carboxylic acids is 1. The van der Waals surface area contributed by atoms with Crippen LogP contribution >= 0.6 is 0 Å². The molecule has 0 bridgehead atoms. The minimum absolute atomic E-state index is 0.0522. The Morgan fingerprint density at radius 2 is 2.12 bits per heavy atom. The highest BCUT2D eigenvalue weighted by atomic mass is 16.5. The van der Waals surface area contributed by atoms with Gasteiger partial charge in [-0.3, -0.25) is 4.79 Å². The molecule has 16 heavy (non-hydrogen) atoms. The van der Waals surface area contributed by atoms with Gasteiger partial charge in [-0.05, 0) is 32.6 Å². The molecule has 0 N–H and O–H groups in total. The molecule has 0 spiro atoms. The van der Waals surface area contributed by atoms with Gasteiger partial charge in [-0.25, -0.2) is 0 Å². The lowest BCUT2D eigenvalue weighted by Gasteiger charge is -2.37. The van der Waals surface area contributed by atoms with E-state index in [2.05, 4.69) is 20.8 Å². The summed E-state index contributed by atoms with van der Waals surface area (Å²) in [4.78, 5) is 12.0. The van der Waals surface area contributed by atoms with E-state index in [-0.39, 0.29) is 11.5 Å². The van der Waals surface area contributed by atoms with E-state index in [1.807, 2.05) is 0 Å². The standard InChI is InChI=1S/C14H26O2/c1-4-6-7-8-13(15)12-9-10-16-14(3,5-2)11-12/h12H,4-11H2,1-3H3/t12-,14+/m1/s1. The number of hydrogen-bond acceptors (Lipinski definition) is 2. The van der Waals surface area contributed by atoms with Crippen molar-refractivity contribution in [1.82, 2.24) is 0 Å². The molecule has 0 aromatic rings. The number of Topliss-reactive ketones (excluding diaryl/α,β-unsaturated/α-hetero) is 1. The lowest BCUT2D eigenvalue weighted by molar-refractivity contribution is -0.135. The molecule has 2 atom stereocenters. The van der Waals surface area contributed by atoms with E-state index in [1.165, 1.54) is 12.8 Å². The topological polar surface area (TPSA) is 26.3 Å². The molecule has 1 saturated heterocycles. The first kappa shape index (κ1) is 13.7. The second-order valence-corrected chi connectivity index (χ2v) is 5.27. The first-order valence-corrected chi connectivity index (χ1v) is 6.78. The lowest BCUT2D eigenvalue weighted by Crippen LogP contribution is -2.39. The Morgan fingerprint density at radius 3 is 2.75 bits per heavy atom. The zero-order valence-corrected chi connectivity index (χ0v) is 11.1. The fraction of sp³-hybridized carbons (Fsp3) is 0.929. The van der Waals surface area contributed by atoms with Gasteiger partial charge in [0, 0.05) is 18.9 Å². The van der Waals surface area contributed by atoms with Crippen molar-refractivity contribution < 1.29 is 9.53 Å². The fourth-order valence-electron chi connectivity index (χ4n) is 2.40. The number of rotatable bonds is 6. The van der Waals surface area contributed by atoms with E-state index in [0.717, 1.165) is 38.7 Å². The maximum absolute atomic E-state index is 12.0. The average molecular weight is 226 g/mol. The summed E-state index contributed by atoms with van der Waals surface area (Å²) < 4.78 is 5.77. The summed E-state index contributed by atoms with van der Waals surface area (Å²) in [5, 5.41) is 0. The predicted molar refractivity (Wildman–Crippen MR) is 66.5 cm³/mol. The quantitative estimate of drug-likeness (QED) is 0.645. The molecule has 2 heteroatoms. The zero-order valence-electron chi connectivity index (χ0n) is 11.1. The maximum Gasteiger partial charge on any atom is 0.136 e. The number of unbranched alkanes of at least 4 members (excludes halogenated alkanes) is 2. The van der Waals surface area contributed by atoms with Gasteiger partial charge < -0.3 is 4.74 Å². The van der Waals surface area contributed by atoms with E-state index in [9.17, 15) is 4.79 Å². The molecule has 1 aliphatic heterocycles. The third-order valence-corrected chi connectivity index (χ3v) is 3.82. The zero-order chi connectivity index (χ0) is 12.0. The summed E-state index contributed by atoms with van der Waals surface area (Å²) >= 11 is 0. The molecule has 1 rings (SSSR count). The number of ketones is 1. The monoisotopic (exact) mass is 226 g/mol. The normalized spacial score (nSPS) is 30.3. The van der Waals surface area contributed by atoms with Crippen molar-refractivity contribution in [1.29, 1.82) is 0 Å². The Labute approximate surface area is 99.8 Å². The second kappa shape index (κ2) is 6.39. The van der Waals surface area contributed by atoms with Crippen molar-refractivity contribution in [2.45, 2.75) is 71.3 Å². The third-order valence-electron chi connectivity index (χ3n) is 3.82. The van der Waals surface area contributed by atoms with Crippen LogP contribution < -0.4 is 0 Å². The van der Waals surface area contributed by atoms with E-state index in [0.29, 0.717) is 5.78 Å². The highest BCUT2D eigenvalue weighted by Crippen LogP contribution is 2.32. The van der Waals surface area contributed by atoms with Crippen LogP contribution in [0.3, 0.4) is 0 Å². The number of ether oxygens (including phenoxy) is 1. The Morgan fingerprint density at radius 1 is 1.38 bits per heavy atom. The molecule has 2 nitrogen and oxygen atoms in total. The van der Waals surface area contributed by atoms with Crippen LogP contribution in [0.4, 0.5) is 0 Å². The van der Waals surface area contributed by atoms with E-state index < -0.39 is 0 Å². The molecular weight excluding hydrogens is 200 g/mol. The van der Waals surface area contributed by atoms with Gasteiger partial charge in [0.05, 0.1) is 5.60 Å². The van der Waals surface area contributed by atoms with Crippen LogP contribution in [0.5, 0.6) is 0 Å². The van der Waals surface area contributed by atoms with Gasteiger partial charge >= 0.3 is 0 Å². The van der Waals surface area contributed by atoms with Crippen LogP contribution in [0, 0.1) is 5.92 Å². The van der Waals surface area contributed by atoms with Crippen molar-refractivity contribution in [3.8, 4) is 0 Å². The van der Waals surface area contributed by atoms with Crippen LogP contribution in [-0.2, 0) is 9.53 Å². The van der Waals surface area contributed by atoms with Crippen molar-refractivity contribution in [3.63, 3.8) is 0 Å². The van der Waals surface area contributed by atoms with Crippen molar-refractivity contribution in [2.75, 3.05) is 6.61 Å². The molecule has 1 fully saturated rings. The molecule has 0 aromatic carbocycles. The highest BCUT2D eigenvalue weighted by Gasteiger charge is 2.34. The van der Waals surface area contributed by atoms with Gasteiger partial charge in [0.25, 0.3) is 0 Å². The van der Waals surface area contributed by atoms with Crippen LogP contribution in [0.2, 0.25) is 0 Å². The van der Waals surface area contributed by atoms with Gasteiger partial charge in [-0.15, -0.1) is 0 Å². The van der Waals surface area contributed by atoms with Crippen LogP contribution in [0.1, 0.15) is 65.7 Å². The Hall–Kier alpha value is -0.370. The fourth-order valence-corrected chi connectivity index (χ4v) is 2.40. The van der Waals surface area contributed by atoms with Crippen molar-refractivity contribution in [3.05, 3.63) is 0 Å². The summed E-state index contributed by atoms with van der Waals surface area (Å²) in [6.07, 6.45) is 7.07. The molecule has 0 unspecified atom stereocenters. The second-order valence-electron chi connectivity index (χ2n) is 5.27. The van der Waals surface area contributed by atoms with E-state index >= 15 is 0 Å². The first-order valence-electron chi connectivity index (χ1n) is 6.78. The molecule has 1 aliphatic rings. The summed E-state index contributed by atoms with van der Waals surface area (Å²) in [5.41, 5.74) is -0.0522. The van der Waals surface area contributed by atoms with Crippen LogP contribution in [0.25, 0.3) is 0 Å². The smallest absolute Gasteiger partial charge is 0.136 e. The van der Waals surface area contributed by atoms with Crippen molar-refractivity contribution in [2.24, 2.45) is 5.92 Å². The third kappa shape index (κ3) is 3.89. The van der Waals surface area contributed by atoms with Gasteiger partial charge in [0.2, 0.25) is 0 Å². The van der Waals surface area contributed by atoms with Crippen LogP contribution in [-0.4, -0.2) is 18.0 Å². The molecular formula is C14H26O2. The Kier molecular flexibility index (Phi) is 5.47. The van der Waals surface area contributed by atoms with E-state index in [1.54, 1.807) is 0 Å². The lowest BCUT2D eigenvalue weighted by atomic mass is 9.82. The highest BCUT2D eigenvalue weighted by molar-refractivity contribution is 5.81. The molecule has 0 aromatic heterocycles. The summed E-state index contributed by atoms with van der Waals surface area (Å²) in [5.74, 6) is 0.729. The Balaban J connectivity index is 2.38. The molecule has 0 aliphatic carbocycles. The van der Waals surface area contributed by atoms with Gasteiger partial charge in [0.15, 0.2) is 0 Å². The number of carbonyl (C=O) groups is 1. The largest absolute Gasteiger partial charge is 0.375 e. The Bertz CT molecular complexity index is 225. The van der Waals surface area contributed by atoms with Gasteiger partial charge in [0.1, 0.15) is 5.78 Å². The van der Waals surface area contributed by atoms with Gasteiger partial charge in [-0.1, -0.05) is 26.7 Å². The maximum atomic E-state index is 12.0. The van der Waals surface area contributed by atoms with E-state index in [4.69, 9.17) is 4.74 Å². The summed E-state index contributed by atoms with van der Waals surface area (Å²) in [6.45, 7) is 7.21. The minimum Gasteiger partial charge on any atom is -0.375 e. The molecule has 0 amide bonds. The SMILES string of the molecule is CCCCCC(=O)[C@@H]1CCO[C@@](C)(CC)C1. The van der Waals surface area contributed by atoms with Gasteiger partial charge in [-0.2, -0.15) is 0 Å². The summed E-state index contributed by atoms with van der Waals surface area (Å²) in [7, 11) is 0. The molecule has 0 radical (unpaired) electrons. The minimum atomic E-state index is -0.0522. The number of hydrogen-bond donors (Lipinski definition) is 0. The molecule has 0 saturated carbocycles. The average Bonchev–Trinajstić information content (AvgIpc) is 2.29. The molecule has 94 valence electrons.